The Bertz CT molecular complexity index is 835. The molecule has 0 fully saturated rings. The number of aromatic nitrogens is 1. The smallest absolute Gasteiger partial charge is 0.311 e. The van der Waals surface area contributed by atoms with Crippen LogP contribution in [0.1, 0.15) is 12.6 Å². The number of thiazole rings is 1. The molecule has 6 nitrogen and oxygen atoms in total. The quantitative estimate of drug-likeness (QED) is 0.529. The van der Waals surface area contributed by atoms with Crippen molar-refractivity contribution in [3.63, 3.8) is 0 Å². The van der Waals surface area contributed by atoms with Gasteiger partial charge in [-0.3, -0.25) is 14.5 Å². The third kappa shape index (κ3) is 5.91. The normalized spacial score (nSPS) is 10.8. The van der Waals surface area contributed by atoms with Crippen LogP contribution >= 0.6 is 35.2 Å². The maximum Gasteiger partial charge on any atom is 0.311 e. The molecule has 0 bridgehead atoms. The van der Waals surface area contributed by atoms with E-state index in [4.69, 9.17) is 28.6 Å². The third-order valence-corrected chi connectivity index (χ3v) is 5.09. The van der Waals surface area contributed by atoms with Crippen LogP contribution in [0.2, 0.25) is 5.02 Å². The average molecular weight is 414 g/mol. The van der Waals surface area contributed by atoms with Gasteiger partial charge < -0.3 is 14.6 Å². The van der Waals surface area contributed by atoms with Crippen molar-refractivity contribution in [2.45, 2.75) is 20.0 Å². The van der Waals surface area contributed by atoms with Crippen LogP contribution in [-0.4, -0.2) is 41.5 Å². The van der Waals surface area contributed by atoms with Crippen molar-refractivity contribution in [1.82, 2.24) is 9.47 Å². The highest BCUT2D eigenvalue weighted by Gasteiger charge is 2.14. The summed E-state index contributed by atoms with van der Waals surface area (Å²) in [5, 5.41) is 5.11. The van der Waals surface area contributed by atoms with E-state index in [-0.39, 0.29) is 24.8 Å². The second-order valence-electron chi connectivity index (χ2n) is 5.59. The highest BCUT2D eigenvalue weighted by Crippen LogP contribution is 2.20. The number of rotatable bonds is 8. The van der Waals surface area contributed by atoms with Crippen LogP contribution in [0.4, 0.5) is 5.69 Å². The van der Waals surface area contributed by atoms with Gasteiger partial charge in [-0.15, -0.1) is 11.3 Å². The van der Waals surface area contributed by atoms with Crippen LogP contribution in [0, 0.1) is 3.95 Å². The number of nitrogens with one attached hydrogen (secondary N) is 1. The summed E-state index contributed by atoms with van der Waals surface area (Å²) in [6.07, 6.45) is 0.153. The molecule has 0 atom stereocenters. The maximum atomic E-state index is 12.2. The summed E-state index contributed by atoms with van der Waals surface area (Å²) in [5.74, 6) is -0.484. The van der Waals surface area contributed by atoms with Gasteiger partial charge in [-0.1, -0.05) is 23.7 Å². The van der Waals surface area contributed by atoms with Crippen molar-refractivity contribution >= 4 is 52.7 Å². The molecule has 2 aromatic rings. The van der Waals surface area contributed by atoms with E-state index in [1.54, 1.807) is 38.2 Å². The number of amides is 1. The van der Waals surface area contributed by atoms with Gasteiger partial charge in [0.1, 0.15) is 0 Å². The van der Waals surface area contributed by atoms with Crippen LogP contribution in [0.25, 0.3) is 0 Å². The van der Waals surface area contributed by atoms with E-state index in [1.165, 1.54) is 11.3 Å². The Kier molecular flexibility index (Phi) is 7.77. The van der Waals surface area contributed by atoms with Crippen LogP contribution in [0.3, 0.4) is 0 Å². The molecular formula is C17H20ClN3O3S2. The summed E-state index contributed by atoms with van der Waals surface area (Å²) in [7, 11) is 1.81. The molecule has 1 N–H and O–H groups in total. The predicted molar refractivity (Wildman–Crippen MR) is 106 cm³/mol. The number of anilines is 1. The summed E-state index contributed by atoms with van der Waals surface area (Å²) in [6.45, 7) is 2.66. The number of likely N-dealkylation sites (N-methyl/N-ethyl adjacent to an activating group) is 1. The molecule has 0 saturated heterocycles. The second-order valence-corrected chi connectivity index (χ2v) is 7.50. The number of esters is 1. The first kappa shape index (κ1) is 20.6. The Balaban J connectivity index is 1.97. The SMILES string of the molecule is CCOC(=O)Cc1csc(=S)n1CN(C)CC(=O)Nc1ccccc1Cl. The minimum absolute atomic E-state index is 0.153. The standard InChI is InChI=1S/C17H20ClN3O3S2/c1-3-24-16(23)8-12-10-26-17(25)21(12)11-20(2)9-15(22)19-14-7-5-4-6-13(14)18/h4-7,10H,3,8-9,11H2,1-2H3,(H,19,22). The van der Waals surface area contributed by atoms with Gasteiger partial charge in [0.2, 0.25) is 5.91 Å². The number of carbonyl (C=O) groups is 2. The van der Waals surface area contributed by atoms with Crippen molar-refractivity contribution in [3.8, 4) is 0 Å². The molecule has 1 heterocycles. The van der Waals surface area contributed by atoms with Gasteiger partial charge in [0.15, 0.2) is 3.95 Å². The third-order valence-electron chi connectivity index (χ3n) is 3.44. The van der Waals surface area contributed by atoms with Gasteiger partial charge in [-0.2, -0.15) is 0 Å². The molecule has 1 aromatic heterocycles. The van der Waals surface area contributed by atoms with Gasteiger partial charge in [0.05, 0.1) is 37.0 Å². The first-order valence-electron chi connectivity index (χ1n) is 7.96. The lowest BCUT2D eigenvalue weighted by molar-refractivity contribution is -0.142. The van der Waals surface area contributed by atoms with E-state index in [1.807, 2.05) is 14.8 Å². The van der Waals surface area contributed by atoms with Crippen LogP contribution in [-0.2, 0) is 27.4 Å². The summed E-state index contributed by atoms with van der Waals surface area (Å²) in [5.41, 5.74) is 1.35. The van der Waals surface area contributed by atoms with Gasteiger partial charge >= 0.3 is 5.97 Å². The van der Waals surface area contributed by atoms with Crippen LogP contribution in [0.15, 0.2) is 29.6 Å². The highest BCUT2D eigenvalue weighted by molar-refractivity contribution is 7.73. The molecule has 0 aliphatic rings. The average Bonchev–Trinajstić information content (AvgIpc) is 2.90. The Morgan fingerprint density at radius 2 is 2.12 bits per heavy atom. The minimum Gasteiger partial charge on any atom is -0.466 e. The van der Waals surface area contributed by atoms with Crippen LogP contribution in [0.5, 0.6) is 0 Å². The molecule has 0 spiro atoms. The number of hydrogen-bond donors (Lipinski definition) is 1. The highest BCUT2D eigenvalue weighted by atomic mass is 35.5. The zero-order valence-corrected chi connectivity index (χ0v) is 16.9. The molecule has 0 radical (unpaired) electrons. The number of para-hydroxylation sites is 1. The lowest BCUT2D eigenvalue weighted by atomic mass is 10.3. The minimum atomic E-state index is -0.298. The van der Waals surface area contributed by atoms with Crippen molar-refractivity contribution in [1.29, 1.82) is 0 Å². The van der Waals surface area contributed by atoms with E-state index in [0.29, 0.717) is 27.9 Å². The summed E-state index contributed by atoms with van der Waals surface area (Å²) < 4.78 is 7.46. The summed E-state index contributed by atoms with van der Waals surface area (Å²) in [6, 6.07) is 7.06. The Morgan fingerprint density at radius 1 is 1.38 bits per heavy atom. The van der Waals surface area contributed by atoms with E-state index in [2.05, 4.69) is 5.32 Å². The molecular weight excluding hydrogens is 394 g/mol. The van der Waals surface area contributed by atoms with Gasteiger partial charge in [-0.25, -0.2) is 0 Å². The molecule has 0 saturated carbocycles. The summed E-state index contributed by atoms with van der Waals surface area (Å²) in [4.78, 5) is 25.7. The largest absolute Gasteiger partial charge is 0.466 e. The zero-order chi connectivity index (χ0) is 19.1. The topological polar surface area (TPSA) is 63.6 Å². The van der Waals surface area contributed by atoms with Crippen molar-refractivity contribution in [3.05, 3.63) is 44.3 Å². The molecule has 0 aliphatic heterocycles. The maximum absolute atomic E-state index is 12.2. The van der Waals surface area contributed by atoms with Crippen LogP contribution < -0.4 is 5.32 Å². The molecule has 1 amide bonds. The number of carbonyl (C=O) groups excluding carboxylic acids is 2. The van der Waals surface area contributed by atoms with E-state index >= 15 is 0 Å². The molecule has 9 heteroatoms. The lowest BCUT2D eigenvalue weighted by Crippen LogP contribution is -2.32. The number of hydrogen-bond acceptors (Lipinski definition) is 6. The molecule has 140 valence electrons. The first-order chi connectivity index (χ1) is 12.4. The number of benzene rings is 1. The zero-order valence-electron chi connectivity index (χ0n) is 14.5. The van der Waals surface area contributed by atoms with Gasteiger partial charge in [0.25, 0.3) is 0 Å². The van der Waals surface area contributed by atoms with Crippen molar-refractivity contribution in [2.75, 3.05) is 25.5 Å². The van der Waals surface area contributed by atoms with E-state index in [9.17, 15) is 9.59 Å². The molecule has 26 heavy (non-hydrogen) atoms. The number of halogens is 1. The van der Waals surface area contributed by atoms with Crippen molar-refractivity contribution in [2.24, 2.45) is 0 Å². The molecule has 2 rings (SSSR count). The first-order valence-corrected chi connectivity index (χ1v) is 9.63. The molecule has 0 unspecified atom stereocenters. The van der Waals surface area contributed by atoms with Crippen molar-refractivity contribution < 1.29 is 14.3 Å². The Labute approximate surface area is 166 Å². The Morgan fingerprint density at radius 3 is 2.81 bits per heavy atom. The lowest BCUT2D eigenvalue weighted by Gasteiger charge is -2.19. The second kappa shape index (κ2) is 9.82. The summed E-state index contributed by atoms with van der Waals surface area (Å²) >= 11 is 12.8. The Hall–Kier alpha value is -1.74. The predicted octanol–water partition coefficient (Wildman–Crippen LogP) is 3.57. The van der Waals surface area contributed by atoms with E-state index < -0.39 is 0 Å². The molecule has 0 aliphatic carbocycles. The molecule has 1 aromatic carbocycles. The van der Waals surface area contributed by atoms with E-state index in [0.717, 1.165) is 5.69 Å². The monoisotopic (exact) mass is 413 g/mol. The fourth-order valence-corrected chi connectivity index (χ4v) is 3.55. The number of nitrogens with zero attached hydrogens (tertiary/aromatic N) is 2. The number of ether oxygens (including phenoxy) is 1. The fourth-order valence-electron chi connectivity index (χ4n) is 2.30. The fraction of sp³-hybridized carbons (Fsp3) is 0.353. The van der Waals surface area contributed by atoms with Gasteiger partial charge in [0, 0.05) is 11.1 Å². The van der Waals surface area contributed by atoms with Gasteiger partial charge in [-0.05, 0) is 38.3 Å².